The molecule has 1 aliphatic carbocycles. The summed E-state index contributed by atoms with van der Waals surface area (Å²) in [4.78, 5) is 0. The number of hydrogen-bond acceptors (Lipinski definition) is 3. The van der Waals surface area contributed by atoms with E-state index in [4.69, 9.17) is 15.2 Å². The van der Waals surface area contributed by atoms with Crippen molar-refractivity contribution in [2.75, 3.05) is 13.2 Å². The van der Waals surface area contributed by atoms with Crippen LogP contribution in [0.15, 0.2) is 24.3 Å². The van der Waals surface area contributed by atoms with Crippen molar-refractivity contribution < 1.29 is 9.47 Å². The lowest BCUT2D eigenvalue weighted by Crippen LogP contribution is -2.26. The fourth-order valence-electron chi connectivity index (χ4n) is 1.90. The minimum atomic E-state index is -0.0363. The maximum atomic E-state index is 6.11. The highest BCUT2D eigenvalue weighted by atomic mass is 16.5. The summed E-state index contributed by atoms with van der Waals surface area (Å²) < 4.78 is 11.3. The number of rotatable bonds is 7. The molecule has 0 amide bonds. The molecule has 1 unspecified atom stereocenters. The first kappa shape index (κ1) is 13.4. The lowest BCUT2D eigenvalue weighted by Gasteiger charge is -2.27. The van der Waals surface area contributed by atoms with Gasteiger partial charge in [0.25, 0.3) is 0 Å². The van der Waals surface area contributed by atoms with E-state index in [1.165, 1.54) is 19.3 Å². The summed E-state index contributed by atoms with van der Waals surface area (Å²) in [6.45, 7) is 3.47. The molecule has 1 aromatic rings. The van der Waals surface area contributed by atoms with Crippen molar-refractivity contribution in [1.82, 2.24) is 0 Å². The van der Waals surface area contributed by atoms with E-state index in [0.29, 0.717) is 12.7 Å². The summed E-state index contributed by atoms with van der Waals surface area (Å²) in [6, 6.07) is 7.98. The summed E-state index contributed by atoms with van der Waals surface area (Å²) in [5, 5.41) is 0. The number of nitrogens with two attached hydrogens (primary N) is 1. The zero-order valence-electron chi connectivity index (χ0n) is 11.1. The molecule has 2 N–H and O–H groups in total. The molecule has 0 aromatic heterocycles. The standard InChI is InChI=1S/C15H23NO2/c1-2-10-17-14-8-6-12(7-9-14)15(16)11-18-13-4-3-5-13/h6-9,13,15H,2-5,10-11,16H2,1H3. The molecular formula is C15H23NO2. The first-order valence-electron chi connectivity index (χ1n) is 6.89. The van der Waals surface area contributed by atoms with Gasteiger partial charge in [-0.25, -0.2) is 0 Å². The van der Waals surface area contributed by atoms with Crippen molar-refractivity contribution in [3.8, 4) is 5.75 Å². The Morgan fingerprint density at radius 3 is 2.56 bits per heavy atom. The van der Waals surface area contributed by atoms with Crippen LogP contribution < -0.4 is 10.5 Å². The molecule has 0 spiro atoms. The molecule has 0 radical (unpaired) electrons. The van der Waals surface area contributed by atoms with Gasteiger partial charge in [0, 0.05) is 0 Å². The van der Waals surface area contributed by atoms with E-state index >= 15 is 0 Å². The summed E-state index contributed by atoms with van der Waals surface area (Å²) in [5.41, 5.74) is 7.22. The van der Waals surface area contributed by atoms with Crippen LogP contribution >= 0.6 is 0 Å². The Bertz CT molecular complexity index is 346. The number of ether oxygens (including phenoxy) is 2. The quantitative estimate of drug-likeness (QED) is 0.807. The topological polar surface area (TPSA) is 44.5 Å². The van der Waals surface area contributed by atoms with Crippen molar-refractivity contribution in [2.24, 2.45) is 5.73 Å². The van der Waals surface area contributed by atoms with Crippen molar-refractivity contribution in [2.45, 2.75) is 44.8 Å². The molecule has 1 aliphatic rings. The molecule has 0 bridgehead atoms. The Hall–Kier alpha value is -1.06. The van der Waals surface area contributed by atoms with Crippen LogP contribution in [0.25, 0.3) is 0 Å². The van der Waals surface area contributed by atoms with E-state index in [9.17, 15) is 0 Å². The average molecular weight is 249 g/mol. The normalized spacial score (nSPS) is 17.2. The molecule has 1 atom stereocenters. The number of benzene rings is 1. The van der Waals surface area contributed by atoms with Crippen molar-refractivity contribution >= 4 is 0 Å². The van der Waals surface area contributed by atoms with Crippen LogP contribution in [0.4, 0.5) is 0 Å². The number of hydrogen-bond donors (Lipinski definition) is 1. The molecule has 18 heavy (non-hydrogen) atoms. The predicted octanol–water partition coefficient (Wildman–Crippen LogP) is 3.04. The SMILES string of the molecule is CCCOc1ccc(C(N)COC2CCC2)cc1. The van der Waals surface area contributed by atoms with Crippen LogP contribution in [0.3, 0.4) is 0 Å². The molecule has 1 aromatic carbocycles. The minimum absolute atomic E-state index is 0.0363. The molecule has 1 fully saturated rings. The molecule has 0 saturated heterocycles. The van der Waals surface area contributed by atoms with E-state index in [1.54, 1.807) is 0 Å². The Morgan fingerprint density at radius 2 is 2.00 bits per heavy atom. The van der Waals surface area contributed by atoms with Crippen LogP contribution in [-0.2, 0) is 4.74 Å². The third kappa shape index (κ3) is 3.72. The van der Waals surface area contributed by atoms with E-state index in [0.717, 1.165) is 24.3 Å². The lowest BCUT2D eigenvalue weighted by atomic mass is 9.96. The van der Waals surface area contributed by atoms with Crippen LogP contribution in [0.2, 0.25) is 0 Å². The highest BCUT2D eigenvalue weighted by molar-refractivity contribution is 5.29. The molecule has 2 rings (SSSR count). The first-order valence-corrected chi connectivity index (χ1v) is 6.89. The molecule has 0 aliphatic heterocycles. The second-order valence-electron chi connectivity index (χ2n) is 4.91. The zero-order chi connectivity index (χ0) is 12.8. The van der Waals surface area contributed by atoms with Crippen LogP contribution in [0.5, 0.6) is 5.75 Å². The Labute approximate surface area is 109 Å². The van der Waals surface area contributed by atoms with Gasteiger partial charge in [-0.1, -0.05) is 19.1 Å². The van der Waals surface area contributed by atoms with Gasteiger partial charge < -0.3 is 15.2 Å². The van der Waals surface area contributed by atoms with Crippen molar-refractivity contribution in [1.29, 1.82) is 0 Å². The highest BCUT2D eigenvalue weighted by Gasteiger charge is 2.19. The smallest absolute Gasteiger partial charge is 0.119 e. The second-order valence-corrected chi connectivity index (χ2v) is 4.91. The predicted molar refractivity (Wildman–Crippen MR) is 72.7 cm³/mol. The fraction of sp³-hybridized carbons (Fsp3) is 0.600. The third-order valence-electron chi connectivity index (χ3n) is 3.34. The maximum absolute atomic E-state index is 6.11. The van der Waals surface area contributed by atoms with Crippen LogP contribution in [0, 0.1) is 0 Å². The Morgan fingerprint density at radius 1 is 1.28 bits per heavy atom. The van der Waals surface area contributed by atoms with E-state index < -0.39 is 0 Å². The molecule has 100 valence electrons. The van der Waals surface area contributed by atoms with Gasteiger partial charge in [-0.15, -0.1) is 0 Å². The van der Waals surface area contributed by atoms with Gasteiger partial charge in [-0.05, 0) is 43.4 Å². The molecule has 3 nitrogen and oxygen atoms in total. The molecule has 3 heteroatoms. The third-order valence-corrected chi connectivity index (χ3v) is 3.34. The minimum Gasteiger partial charge on any atom is -0.494 e. The molecular weight excluding hydrogens is 226 g/mol. The van der Waals surface area contributed by atoms with E-state index in [1.807, 2.05) is 24.3 Å². The first-order chi connectivity index (χ1) is 8.79. The second kappa shape index (κ2) is 6.76. The monoisotopic (exact) mass is 249 g/mol. The van der Waals surface area contributed by atoms with Gasteiger partial charge in [0.2, 0.25) is 0 Å². The summed E-state index contributed by atoms with van der Waals surface area (Å²) >= 11 is 0. The largest absolute Gasteiger partial charge is 0.494 e. The van der Waals surface area contributed by atoms with Crippen molar-refractivity contribution in [3.05, 3.63) is 29.8 Å². The molecule has 0 heterocycles. The van der Waals surface area contributed by atoms with Crippen LogP contribution in [0.1, 0.15) is 44.2 Å². The van der Waals surface area contributed by atoms with E-state index in [2.05, 4.69) is 6.92 Å². The Kier molecular flexibility index (Phi) is 5.02. The van der Waals surface area contributed by atoms with Gasteiger partial charge in [-0.3, -0.25) is 0 Å². The van der Waals surface area contributed by atoms with Gasteiger partial charge in [0.05, 0.1) is 25.4 Å². The van der Waals surface area contributed by atoms with E-state index in [-0.39, 0.29) is 6.04 Å². The van der Waals surface area contributed by atoms with Gasteiger partial charge in [0.1, 0.15) is 5.75 Å². The summed E-state index contributed by atoms with van der Waals surface area (Å²) in [7, 11) is 0. The maximum Gasteiger partial charge on any atom is 0.119 e. The zero-order valence-corrected chi connectivity index (χ0v) is 11.1. The van der Waals surface area contributed by atoms with Gasteiger partial charge in [0.15, 0.2) is 0 Å². The molecule has 1 saturated carbocycles. The Balaban J connectivity index is 1.79. The fourth-order valence-corrected chi connectivity index (χ4v) is 1.90. The lowest BCUT2D eigenvalue weighted by molar-refractivity contribution is -0.00445. The van der Waals surface area contributed by atoms with Crippen molar-refractivity contribution in [3.63, 3.8) is 0 Å². The highest BCUT2D eigenvalue weighted by Crippen LogP contribution is 2.24. The summed E-state index contributed by atoms with van der Waals surface area (Å²) in [5.74, 6) is 0.910. The summed E-state index contributed by atoms with van der Waals surface area (Å²) in [6.07, 6.45) is 5.15. The average Bonchev–Trinajstić information content (AvgIpc) is 2.35. The van der Waals surface area contributed by atoms with Gasteiger partial charge >= 0.3 is 0 Å². The van der Waals surface area contributed by atoms with Crippen LogP contribution in [-0.4, -0.2) is 19.3 Å². The van der Waals surface area contributed by atoms with Gasteiger partial charge in [-0.2, -0.15) is 0 Å².